The summed E-state index contributed by atoms with van der Waals surface area (Å²) in [7, 11) is 3.29. The van der Waals surface area contributed by atoms with Crippen molar-refractivity contribution in [2.75, 3.05) is 20.8 Å². The minimum atomic E-state index is 0.0617. The first-order valence-corrected chi connectivity index (χ1v) is 8.23. The van der Waals surface area contributed by atoms with Crippen LogP contribution in [0.1, 0.15) is 40.4 Å². The predicted octanol–water partition coefficient (Wildman–Crippen LogP) is 3.99. The number of likely N-dealkylation sites (tertiary alicyclic amines) is 1. The summed E-state index contributed by atoms with van der Waals surface area (Å²) in [5, 5.41) is 0. The number of hydrogen-bond acceptors (Lipinski definition) is 3. The lowest BCUT2D eigenvalue weighted by molar-refractivity contribution is 0.0735. The Balaban J connectivity index is 1.85. The number of amides is 1. The van der Waals surface area contributed by atoms with Crippen LogP contribution in [0.2, 0.25) is 0 Å². The Labute approximate surface area is 143 Å². The molecular formula is C20H23NO3. The number of ether oxygens (including phenoxy) is 2. The highest BCUT2D eigenvalue weighted by Gasteiger charge is 2.30. The molecule has 1 fully saturated rings. The van der Waals surface area contributed by atoms with Crippen molar-refractivity contribution >= 4 is 5.91 Å². The first-order chi connectivity index (χ1) is 11.6. The van der Waals surface area contributed by atoms with Gasteiger partial charge in [-0.2, -0.15) is 0 Å². The number of methoxy groups -OCH3 is 2. The molecule has 0 spiro atoms. The summed E-state index contributed by atoms with van der Waals surface area (Å²) in [5.41, 5.74) is 2.86. The van der Waals surface area contributed by atoms with Crippen molar-refractivity contribution in [1.82, 2.24) is 4.90 Å². The topological polar surface area (TPSA) is 38.8 Å². The largest absolute Gasteiger partial charge is 0.497 e. The Kier molecular flexibility index (Phi) is 4.74. The van der Waals surface area contributed by atoms with E-state index in [2.05, 4.69) is 0 Å². The lowest BCUT2D eigenvalue weighted by atomic mass is 10.0. The monoisotopic (exact) mass is 325 g/mol. The Morgan fingerprint density at radius 1 is 1.08 bits per heavy atom. The first kappa shape index (κ1) is 16.4. The van der Waals surface area contributed by atoms with E-state index < -0.39 is 0 Å². The lowest BCUT2D eigenvalue weighted by Crippen LogP contribution is -2.30. The van der Waals surface area contributed by atoms with E-state index in [9.17, 15) is 4.79 Å². The highest BCUT2D eigenvalue weighted by atomic mass is 16.5. The molecule has 126 valence electrons. The molecule has 1 atom stereocenters. The van der Waals surface area contributed by atoms with Crippen molar-refractivity contribution in [3.63, 3.8) is 0 Å². The normalized spacial score (nSPS) is 17.0. The number of rotatable bonds is 4. The molecule has 24 heavy (non-hydrogen) atoms. The number of carbonyl (C=O) groups excluding carboxylic acids is 1. The molecule has 0 bridgehead atoms. The molecule has 0 aromatic heterocycles. The summed E-state index contributed by atoms with van der Waals surface area (Å²) in [6, 6.07) is 13.8. The molecule has 2 aromatic carbocycles. The van der Waals surface area contributed by atoms with E-state index in [0.717, 1.165) is 42.0 Å². The van der Waals surface area contributed by atoms with Gasteiger partial charge < -0.3 is 14.4 Å². The molecule has 4 nitrogen and oxygen atoms in total. The molecule has 1 saturated heterocycles. The van der Waals surface area contributed by atoms with Crippen molar-refractivity contribution < 1.29 is 14.3 Å². The molecule has 4 heteroatoms. The second kappa shape index (κ2) is 6.95. The van der Waals surface area contributed by atoms with E-state index in [-0.39, 0.29) is 11.9 Å². The summed E-state index contributed by atoms with van der Waals surface area (Å²) in [4.78, 5) is 14.9. The molecule has 0 aliphatic carbocycles. The fourth-order valence-electron chi connectivity index (χ4n) is 3.30. The summed E-state index contributed by atoms with van der Waals surface area (Å²) in [6.45, 7) is 2.76. The Morgan fingerprint density at radius 2 is 1.83 bits per heavy atom. The van der Waals surface area contributed by atoms with Gasteiger partial charge in [0.2, 0.25) is 0 Å². The van der Waals surface area contributed by atoms with Gasteiger partial charge in [-0.3, -0.25) is 4.79 Å². The second-order valence-corrected chi connectivity index (χ2v) is 6.11. The molecule has 1 aliphatic heterocycles. The summed E-state index contributed by atoms with van der Waals surface area (Å²) >= 11 is 0. The first-order valence-electron chi connectivity index (χ1n) is 8.23. The van der Waals surface area contributed by atoms with Gasteiger partial charge in [0, 0.05) is 12.1 Å². The van der Waals surface area contributed by atoms with Gasteiger partial charge in [-0.25, -0.2) is 0 Å². The summed E-state index contributed by atoms with van der Waals surface area (Å²) in [5.74, 6) is 1.64. The molecule has 0 unspecified atom stereocenters. The highest BCUT2D eigenvalue weighted by molar-refractivity contribution is 5.95. The second-order valence-electron chi connectivity index (χ2n) is 6.11. The predicted molar refractivity (Wildman–Crippen MR) is 93.7 cm³/mol. The van der Waals surface area contributed by atoms with Gasteiger partial charge >= 0.3 is 0 Å². The number of hydrogen-bond donors (Lipinski definition) is 0. The van der Waals surface area contributed by atoms with Crippen LogP contribution in [0.25, 0.3) is 0 Å². The maximum Gasteiger partial charge on any atom is 0.254 e. The summed E-state index contributed by atoms with van der Waals surface area (Å²) < 4.78 is 10.6. The maximum atomic E-state index is 13.0. The minimum Gasteiger partial charge on any atom is -0.497 e. The van der Waals surface area contributed by atoms with Crippen molar-refractivity contribution in [1.29, 1.82) is 0 Å². The smallest absolute Gasteiger partial charge is 0.254 e. The molecule has 0 N–H and O–H groups in total. The third-order valence-corrected chi connectivity index (χ3v) is 4.67. The zero-order chi connectivity index (χ0) is 17.1. The van der Waals surface area contributed by atoms with Crippen LogP contribution in [0.5, 0.6) is 11.5 Å². The van der Waals surface area contributed by atoms with Gasteiger partial charge in [0.05, 0.1) is 20.3 Å². The van der Waals surface area contributed by atoms with Gasteiger partial charge in [0.15, 0.2) is 0 Å². The van der Waals surface area contributed by atoms with E-state index in [0.29, 0.717) is 5.56 Å². The molecule has 1 heterocycles. The Morgan fingerprint density at radius 3 is 2.50 bits per heavy atom. The molecule has 3 rings (SSSR count). The van der Waals surface area contributed by atoms with Gasteiger partial charge in [0.1, 0.15) is 11.5 Å². The number of carbonyl (C=O) groups is 1. The van der Waals surface area contributed by atoms with Crippen LogP contribution in [0, 0.1) is 6.92 Å². The van der Waals surface area contributed by atoms with Gasteiger partial charge in [0.25, 0.3) is 5.91 Å². The Bertz CT molecular complexity index is 724. The third kappa shape index (κ3) is 3.09. The van der Waals surface area contributed by atoms with Crippen LogP contribution < -0.4 is 9.47 Å². The van der Waals surface area contributed by atoms with Crippen molar-refractivity contribution in [3.05, 3.63) is 59.2 Å². The Hall–Kier alpha value is -2.49. The van der Waals surface area contributed by atoms with Crippen molar-refractivity contribution in [2.45, 2.75) is 25.8 Å². The van der Waals surface area contributed by atoms with Gasteiger partial charge in [-0.05, 0) is 55.2 Å². The van der Waals surface area contributed by atoms with Gasteiger partial charge in [-0.15, -0.1) is 0 Å². The van der Waals surface area contributed by atoms with Gasteiger partial charge in [-0.1, -0.05) is 18.2 Å². The minimum absolute atomic E-state index is 0.0617. The fourth-order valence-corrected chi connectivity index (χ4v) is 3.30. The molecule has 2 aromatic rings. The standard InChI is InChI=1S/C20H23NO3/c1-14-6-7-16(13-19(14)24-3)20(22)21-12-4-5-18(21)15-8-10-17(23-2)11-9-15/h6-11,13,18H,4-5,12H2,1-3H3/t18-/m1/s1. The SMILES string of the molecule is COc1ccc([C@H]2CCCN2C(=O)c2ccc(C)c(OC)c2)cc1. The van der Waals surface area contributed by atoms with Crippen molar-refractivity contribution in [3.8, 4) is 11.5 Å². The summed E-state index contributed by atoms with van der Waals surface area (Å²) in [6.07, 6.45) is 2.01. The van der Waals surface area contributed by atoms with Crippen LogP contribution in [0.3, 0.4) is 0 Å². The molecule has 1 amide bonds. The van der Waals surface area contributed by atoms with E-state index in [1.807, 2.05) is 54.3 Å². The van der Waals surface area contributed by atoms with E-state index in [1.165, 1.54) is 0 Å². The van der Waals surface area contributed by atoms with Crippen LogP contribution in [-0.4, -0.2) is 31.6 Å². The quantitative estimate of drug-likeness (QED) is 0.853. The van der Waals surface area contributed by atoms with E-state index in [4.69, 9.17) is 9.47 Å². The molecule has 0 saturated carbocycles. The molecule has 1 aliphatic rings. The van der Waals surface area contributed by atoms with Crippen LogP contribution in [0.15, 0.2) is 42.5 Å². The van der Waals surface area contributed by atoms with Crippen LogP contribution >= 0.6 is 0 Å². The molecular weight excluding hydrogens is 302 g/mol. The fraction of sp³-hybridized carbons (Fsp3) is 0.350. The molecule has 0 radical (unpaired) electrons. The maximum absolute atomic E-state index is 13.0. The zero-order valence-electron chi connectivity index (χ0n) is 14.4. The van der Waals surface area contributed by atoms with Crippen molar-refractivity contribution in [2.24, 2.45) is 0 Å². The third-order valence-electron chi connectivity index (χ3n) is 4.67. The number of aryl methyl sites for hydroxylation is 1. The average Bonchev–Trinajstić information content (AvgIpc) is 3.11. The van der Waals surface area contributed by atoms with Crippen LogP contribution in [0.4, 0.5) is 0 Å². The number of benzene rings is 2. The highest BCUT2D eigenvalue weighted by Crippen LogP contribution is 2.34. The lowest BCUT2D eigenvalue weighted by Gasteiger charge is -2.25. The van der Waals surface area contributed by atoms with E-state index >= 15 is 0 Å². The number of nitrogens with zero attached hydrogens (tertiary/aromatic N) is 1. The van der Waals surface area contributed by atoms with E-state index in [1.54, 1.807) is 14.2 Å². The zero-order valence-corrected chi connectivity index (χ0v) is 14.4. The average molecular weight is 325 g/mol. The van der Waals surface area contributed by atoms with Crippen LogP contribution in [-0.2, 0) is 0 Å².